The molecule has 0 bridgehead atoms. The van der Waals surface area contributed by atoms with Crippen molar-refractivity contribution >= 4 is 24.0 Å². The monoisotopic (exact) mass is 520 g/mol. The van der Waals surface area contributed by atoms with E-state index >= 15 is 0 Å². The van der Waals surface area contributed by atoms with Gasteiger partial charge in [-0.1, -0.05) is 20.8 Å². The minimum atomic E-state index is -0.422. The van der Waals surface area contributed by atoms with Crippen molar-refractivity contribution in [2.75, 3.05) is 13.2 Å². The molecule has 0 N–H and O–H groups in total. The van der Waals surface area contributed by atoms with Gasteiger partial charge in [0.05, 0.1) is 36.9 Å². The summed E-state index contributed by atoms with van der Waals surface area (Å²) < 4.78 is 13.3. The maximum Gasteiger partial charge on any atom is 0.341 e. The molecule has 10 nitrogen and oxygen atoms in total. The van der Waals surface area contributed by atoms with Gasteiger partial charge in [0.1, 0.15) is 17.8 Å². The van der Waals surface area contributed by atoms with Crippen molar-refractivity contribution in [1.82, 2.24) is 19.6 Å². The lowest BCUT2D eigenvalue weighted by Crippen LogP contribution is -2.11. The first-order chi connectivity index (χ1) is 17.5. The smallest absolute Gasteiger partial charge is 0.341 e. The Morgan fingerprint density at radius 1 is 0.838 bits per heavy atom. The van der Waals surface area contributed by atoms with E-state index in [2.05, 4.69) is 28.8 Å². The van der Waals surface area contributed by atoms with Crippen molar-refractivity contribution in [3.63, 3.8) is 0 Å². The molecular weight excluding hydrogens is 476 g/mol. The van der Waals surface area contributed by atoms with Crippen molar-refractivity contribution in [2.24, 2.45) is 0 Å². The van der Waals surface area contributed by atoms with Crippen molar-refractivity contribution < 1.29 is 28.7 Å². The molecule has 2 aromatic heterocycles. The lowest BCUT2D eigenvalue weighted by molar-refractivity contribution is -0.145. The van der Waals surface area contributed by atoms with E-state index in [9.17, 15) is 19.2 Å². The zero-order valence-corrected chi connectivity index (χ0v) is 23.9. The van der Waals surface area contributed by atoms with Crippen LogP contribution in [0.3, 0.4) is 0 Å². The van der Waals surface area contributed by atoms with Crippen LogP contribution < -0.4 is 0 Å². The number of hydrogen-bond acceptors (Lipinski definition) is 8. The Morgan fingerprint density at radius 3 is 1.78 bits per heavy atom. The van der Waals surface area contributed by atoms with Crippen LogP contribution in [-0.2, 0) is 31.9 Å². The second-order valence-corrected chi connectivity index (χ2v) is 8.55. The number of carbonyl (C=O) groups is 4. The second kappa shape index (κ2) is 18.0. The highest BCUT2D eigenvalue weighted by molar-refractivity contribution is 5.95. The first kappa shape index (κ1) is 33.7. The van der Waals surface area contributed by atoms with Gasteiger partial charge < -0.3 is 9.47 Å². The molecule has 10 heteroatoms. The summed E-state index contributed by atoms with van der Waals surface area (Å²) in [4.78, 5) is 43.3. The number of aromatic nitrogens is 4. The molecule has 2 rings (SSSR count). The Bertz CT molecular complexity index is 991. The molecule has 0 aliphatic carbocycles. The zero-order chi connectivity index (χ0) is 28.5. The molecular formula is C27H44N4O6. The average Bonchev–Trinajstić information content (AvgIpc) is 3.49. The van der Waals surface area contributed by atoms with E-state index in [1.54, 1.807) is 33.2 Å². The van der Waals surface area contributed by atoms with Gasteiger partial charge in [-0.15, -0.1) is 0 Å². The molecule has 0 saturated heterocycles. The number of nitrogens with zero attached hydrogens (tertiary/aromatic N) is 4. The van der Waals surface area contributed by atoms with Gasteiger partial charge in [-0.05, 0) is 54.4 Å². The van der Waals surface area contributed by atoms with Crippen molar-refractivity contribution in [2.45, 2.75) is 100 Å². The first-order valence-corrected chi connectivity index (χ1v) is 12.9. The fraction of sp³-hybridized carbons (Fsp3) is 0.630. The SMILES string of the molecule is CCOC(=O)CC(=O)CC.CCOC(=O)c1cnn(C(C)C)c1CC.CCc1c(C=O)cnn1C(C)C. The summed E-state index contributed by atoms with van der Waals surface area (Å²) in [5.41, 5.74) is 3.28. The number of aldehydes is 1. The van der Waals surface area contributed by atoms with Gasteiger partial charge in [-0.25, -0.2) is 4.79 Å². The van der Waals surface area contributed by atoms with Crippen LogP contribution in [0.5, 0.6) is 0 Å². The minimum Gasteiger partial charge on any atom is -0.466 e. The van der Waals surface area contributed by atoms with Gasteiger partial charge in [0.15, 0.2) is 6.29 Å². The van der Waals surface area contributed by atoms with Crippen LogP contribution in [0.25, 0.3) is 0 Å². The highest BCUT2D eigenvalue weighted by atomic mass is 16.5. The van der Waals surface area contributed by atoms with E-state index in [0.717, 1.165) is 30.5 Å². The average molecular weight is 521 g/mol. The molecule has 208 valence electrons. The number of ether oxygens (including phenoxy) is 2. The molecule has 0 spiro atoms. The van der Waals surface area contributed by atoms with E-state index < -0.39 is 5.97 Å². The summed E-state index contributed by atoms with van der Waals surface area (Å²) in [6, 6.07) is 0.594. The van der Waals surface area contributed by atoms with Crippen LogP contribution in [-0.4, -0.2) is 56.8 Å². The van der Waals surface area contributed by atoms with Gasteiger partial charge in [0.2, 0.25) is 0 Å². The molecule has 2 aromatic rings. The van der Waals surface area contributed by atoms with Gasteiger partial charge in [-0.3, -0.25) is 23.7 Å². The van der Waals surface area contributed by atoms with Crippen molar-refractivity contribution in [1.29, 1.82) is 0 Å². The third kappa shape index (κ3) is 11.1. The van der Waals surface area contributed by atoms with Crippen LogP contribution in [0, 0.1) is 0 Å². The van der Waals surface area contributed by atoms with E-state index in [1.165, 1.54) is 0 Å². The summed E-state index contributed by atoms with van der Waals surface area (Å²) in [7, 11) is 0. The standard InChI is InChI=1S/C11H18N2O2.C9H14N2O.C7H12O3/c1-5-10-9(11(14)15-6-2)7-12-13(10)8(3)4;1-4-9-8(6-12)5-10-11(9)7(2)3;1-3-6(8)5-7(9)10-4-2/h7-8H,5-6H2,1-4H3;5-7H,4H2,1-3H3;3-5H2,1-2H3. The van der Waals surface area contributed by atoms with Gasteiger partial charge in [0.25, 0.3) is 0 Å². The van der Waals surface area contributed by atoms with E-state index in [0.29, 0.717) is 36.8 Å². The number of ketones is 1. The Kier molecular flexibility index (Phi) is 16.4. The highest BCUT2D eigenvalue weighted by Crippen LogP contribution is 2.15. The maximum absolute atomic E-state index is 11.6. The Balaban J connectivity index is 0.000000538. The minimum absolute atomic E-state index is 0.0709. The molecule has 0 unspecified atom stereocenters. The fourth-order valence-electron chi connectivity index (χ4n) is 3.37. The molecule has 37 heavy (non-hydrogen) atoms. The fourth-order valence-corrected chi connectivity index (χ4v) is 3.37. The van der Waals surface area contributed by atoms with E-state index in [1.807, 2.05) is 37.1 Å². The molecule has 0 amide bonds. The molecule has 0 aromatic carbocycles. The molecule has 0 saturated carbocycles. The number of esters is 2. The molecule has 0 atom stereocenters. The normalized spacial score (nSPS) is 10.2. The molecule has 0 fully saturated rings. The second-order valence-electron chi connectivity index (χ2n) is 8.55. The van der Waals surface area contributed by atoms with Crippen LogP contribution >= 0.6 is 0 Å². The van der Waals surface area contributed by atoms with Crippen molar-refractivity contribution in [3.05, 3.63) is 34.9 Å². The summed E-state index contributed by atoms with van der Waals surface area (Å²) in [6.45, 7) is 18.2. The third-order valence-electron chi connectivity index (χ3n) is 5.14. The molecule has 0 radical (unpaired) electrons. The zero-order valence-electron chi connectivity index (χ0n) is 23.9. The topological polar surface area (TPSA) is 122 Å². The van der Waals surface area contributed by atoms with Gasteiger partial charge >= 0.3 is 11.9 Å². The highest BCUT2D eigenvalue weighted by Gasteiger charge is 2.18. The van der Waals surface area contributed by atoms with Gasteiger partial charge in [0, 0.05) is 24.2 Å². The predicted octanol–water partition coefficient (Wildman–Crippen LogP) is 4.96. The van der Waals surface area contributed by atoms with Crippen molar-refractivity contribution in [3.8, 4) is 0 Å². The molecule has 2 heterocycles. The van der Waals surface area contributed by atoms with Crippen LogP contribution in [0.15, 0.2) is 12.4 Å². The Hall–Kier alpha value is -3.30. The predicted molar refractivity (Wildman–Crippen MR) is 142 cm³/mol. The summed E-state index contributed by atoms with van der Waals surface area (Å²) in [5.74, 6) is -0.769. The van der Waals surface area contributed by atoms with Gasteiger partial charge in [-0.2, -0.15) is 10.2 Å². The lowest BCUT2D eigenvalue weighted by atomic mass is 10.2. The largest absolute Gasteiger partial charge is 0.466 e. The Morgan fingerprint density at radius 2 is 1.35 bits per heavy atom. The third-order valence-corrected chi connectivity index (χ3v) is 5.14. The van der Waals surface area contributed by atoms with Crippen LogP contribution in [0.2, 0.25) is 0 Å². The van der Waals surface area contributed by atoms with E-state index in [-0.39, 0.29) is 24.2 Å². The maximum atomic E-state index is 11.6. The molecule has 0 aliphatic rings. The number of Topliss-reactive ketones (excluding diaryl/α,β-unsaturated/α-hetero) is 1. The van der Waals surface area contributed by atoms with Crippen LogP contribution in [0.1, 0.15) is 119 Å². The Labute approximate surface area is 220 Å². The number of rotatable bonds is 11. The quantitative estimate of drug-likeness (QED) is 0.231. The lowest BCUT2D eigenvalue weighted by Gasteiger charge is -2.10. The van der Waals surface area contributed by atoms with Crippen LogP contribution in [0.4, 0.5) is 0 Å². The summed E-state index contributed by atoms with van der Waals surface area (Å²) in [5, 5.41) is 8.35. The number of hydrogen-bond donors (Lipinski definition) is 0. The molecule has 0 aliphatic heterocycles. The first-order valence-electron chi connectivity index (χ1n) is 12.9. The van der Waals surface area contributed by atoms with E-state index in [4.69, 9.17) is 4.74 Å². The number of carbonyl (C=O) groups excluding carboxylic acids is 4. The summed E-state index contributed by atoms with van der Waals surface area (Å²) in [6.07, 6.45) is 6.05. The summed E-state index contributed by atoms with van der Waals surface area (Å²) >= 11 is 0.